The van der Waals surface area contributed by atoms with Gasteiger partial charge in [0.1, 0.15) is 11.9 Å². The van der Waals surface area contributed by atoms with E-state index >= 15 is 0 Å². The predicted octanol–water partition coefficient (Wildman–Crippen LogP) is 1.14. The van der Waals surface area contributed by atoms with Crippen molar-refractivity contribution in [3.63, 3.8) is 0 Å². The molecule has 0 aromatic carbocycles. The second-order valence-corrected chi connectivity index (χ2v) is 5.62. The number of nitrogens with zero attached hydrogens (tertiary/aromatic N) is 3. The molecule has 1 aromatic rings. The maximum atomic E-state index is 11.1. The van der Waals surface area contributed by atoms with Crippen molar-refractivity contribution in [3.8, 4) is 0 Å². The van der Waals surface area contributed by atoms with E-state index in [-0.39, 0.29) is 11.1 Å². The molecule has 0 aliphatic heterocycles. The molecule has 20 heavy (non-hydrogen) atoms. The van der Waals surface area contributed by atoms with Crippen molar-refractivity contribution in [2.24, 2.45) is 0 Å². The molecule has 1 aliphatic rings. The summed E-state index contributed by atoms with van der Waals surface area (Å²) in [6.45, 7) is 1.31. The molecular formula is C14H22N4O2. The Morgan fingerprint density at radius 1 is 1.45 bits per heavy atom. The second kappa shape index (κ2) is 6.28. The molecule has 6 heteroatoms. The molecule has 0 unspecified atom stereocenters. The average molecular weight is 278 g/mol. The van der Waals surface area contributed by atoms with Crippen LogP contribution in [0.1, 0.15) is 41.7 Å². The summed E-state index contributed by atoms with van der Waals surface area (Å²) in [4.78, 5) is 21.2. The van der Waals surface area contributed by atoms with Crippen LogP contribution in [0.4, 0.5) is 0 Å². The maximum Gasteiger partial charge on any atom is 0.339 e. The van der Waals surface area contributed by atoms with Crippen molar-refractivity contribution < 1.29 is 9.90 Å². The Kier molecular flexibility index (Phi) is 4.67. The summed E-state index contributed by atoms with van der Waals surface area (Å²) in [6, 6.07) is 0. The Morgan fingerprint density at radius 3 is 2.75 bits per heavy atom. The predicted molar refractivity (Wildman–Crippen MR) is 75.6 cm³/mol. The number of aromatic nitrogens is 2. The van der Waals surface area contributed by atoms with Gasteiger partial charge in [-0.1, -0.05) is 12.8 Å². The van der Waals surface area contributed by atoms with Gasteiger partial charge in [0.2, 0.25) is 0 Å². The SMILES string of the molecule is CN(C)C1(CNCc2ncncc2C(=O)O)CCCC1. The first-order valence-electron chi connectivity index (χ1n) is 6.95. The minimum atomic E-state index is -0.981. The van der Waals surface area contributed by atoms with E-state index in [4.69, 9.17) is 5.11 Å². The molecular weight excluding hydrogens is 256 g/mol. The first kappa shape index (κ1) is 14.9. The van der Waals surface area contributed by atoms with Crippen molar-refractivity contribution in [1.82, 2.24) is 20.2 Å². The van der Waals surface area contributed by atoms with Crippen molar-refractivity contribution in [3.05, 3.63) is 23.8 Å². The first-order chi connectivity index (χ1) is 9.55. The molecule has 6 nitrogen and oxygen atoms in total. The highest BCUT2D eigenvalue weighted by atomic mass is 16.4. The highest BCUT2D eigenvalue weighted by Gasteiger charge is 2.35. The minimum Gasteiger partial charge on any atom is -0.478 e. The lowest BCUT2D eigenvalue weighted by molar-refractivity contribution is 0.0694. The van der Waals surface area contributed by atoms with Crippen LogP contribution in [-0.2, 0) is 6.54 Å². The lowest BCUT2D eigenvalue weighted by Gasteiger charge is -2.36. The van der Waals surface area contributed by atoms with Gasteiger partial charge in [-0.05, 0) is 26.9 Å². The molecule has 0 spiro atoms. The van der Waals surface area contributed by atoms with E-state index in [1.807, 2.05) is 0 Å². The summed E-state index contributed by atoms with van der Waals surface area (Å²) in [5.74, 6) is -0.981. The molecule has 2 N–H and O–H groups in total. The normalized spacial score (nSPS) is 17.6. The molecule has 1 saturated carbocycles. The maximum absolute atomic E-state index is 11.1. The minimum absolute atomic E-state index is 0.172. The van der Waals surface area contributed by atoms with Gasteiger partial charge in [0.05, 0.1) is 5.69 Å². The van der Waals surface area contributed by atoms with Crippen LogP contribution in [0.25, 0.3) is 0 Å². The molecule has 2 rings (SSSR count). The van der Waals surface area contributed by atoms with Crippen LogP contribution in [0.5, 0.6) is 0 Å². The molecule has 0 amide bonds. The van der Waals surface area contributed by atoms with E-state index in [0.29, 0.717) is 12.2 Å². The fourth-order valence-electron chi connectivity index (χ4n) is 2.90. The zero-order valence-corrected chi connectivity index (χ0v) is 12.1. The summed E-state index contributed by atoms with van der Waals surface area (Å²) in [7, 11) is 4.22. The number of hydrogen-bond acceptors (Lipinski definition) is 5. The van der Waals surface area contributed by atoms with Crippen molar-refractivity contribution in [2.45, 2.75) is 37.8 Å². The zero-order chi connectivity index (χ0) is 14.6. The number of carboxylic acid groups (broad SMARTS) is 1. The van der Waals surface area contributed by atoms with Gasteiger partial charge in [0.15, 0.2) is 0 Å². The third-order valence-corrected chi connectivity index (χ3v) is 4.25. The lowest BCUT2D eigenvalue weighted by atomic mass is 9.96. The van der Waals surface area contributed by atoms with E-state index in [1.165, 1.54) is 38.2 Å². The number of aromatic carboxylic acids is 1. The van der Waals surface area contributed by atoms with Crippen LogP contribution >= 0.6 is 0 Å². The molecule has 1 aromatic heterocycles. The van der Waals surface area contributed by atoms with Gasteiger partial charge in [-0.25, -0.2) is 14.8 Å². The standard InChI is InChI=1S/C14H22N4O2/c1-18(2)14(5-3-4-6-14)9-15-8-12-11(13(19)20)7-16-10-17-12/h7,10,15H,3-6,8-9H2,1-2H3,(H,19,20). The summed E-state index contributed by atoms with van der Waals surface area (Å²) in [6.07, 6.45) is 7.62. The van der Waals surface area contributed by atoms with Gasteiger partial charge >= 0.3 is 5.97 Å². The number of carbonyl (C=O) groups is 1. The fraction of sp³-hybridized carbons (Fsp3) is 0.643. The quantitative estimate of drug-likeness (QED) is 0.812. The molecule has 1 aliphatic carbocycles. The number of carboxylic acids is 1. The van der Waals surface area contributed by atoms with Crippen LogP contribution < -0.4 is 5.32 Å². The average Bonchev–Trinajstić information content (AvgIpc) is 2.89. The zero-order valence-electron chi connectivity index (χ0n) is 12.1. The Balaban J connectivity index is 1.97. The van der Waals surface area contributed by atoms with Gasteiger partial charge in [-0.2, -0.15) is 0 Å². The largest absolute Gasteiger partial charge is 0.478 e. The van der Waals surface area contributed by atoms with Gasteiger partial charge in [0, 0.05) is 24.8 Å². The third kappa shape index (κ3) is 3.13. The fourth-order valence-corrected chi connectivity index (χ4v) is 2.90. The molecule has 1 fully saturated rings. The lowest BCUT2D eigenvalue weighted by Crippen LogP contribution is -2.49. The summed E-state index contributed by atoms with van der Waals surface area (Å²) in [5, 5.41) is 12.5. The van der Waals surface area contributed by atoms with Crippen molar-refractivity contribution in [1.29, 1.82) is 0 Å². The van der Waals surface area contributed by atoms with Crippen molar-refractivity contribution >= 4 is 5.97 Å². The van der Waals surface area contributed by atoms with E-state index in [1.54, 1.807) is 0 Å². The Hall–Kier alpha value is -1.53. The Morgan fingerprint density at radius 2 is 2.15 bits per heavy atom. The molecule has 110 valence electrons. The highest BCUT2D eigenvalue weighted by molar-refractivity contribution is 5.88. The van der Waals surface area contributed by atoms with Gasteiger partial charge < -0.3 is 15.3 Å². The summed E-state index contributed by atoms with van der Waals surface area (Å²) >= 11 is 0. The topological polar surface area (TPSA) is 78.3 Å². The summed E-state index contributed by atoms with van der Waals surface area (Å²) < 4.78 is 0. The van der Waals surface area contributed by atoms with E-state index in [0.717, 1.165) is 6.54 Å². The van der Waals surface area contributed by atoms with Crippen LogP contribution in [0.15, 0.2) is 12.5 Å². The van der Waals surface area contributed by atoms with E-state index in [2.05, 4.69) is 34.3 Å². The number of nitrogens with one attached hydrogen (secondary N) is 1. The molecule has 0 bridgehead atoms. The summed E-state index contributed by atoms with van der Waals surface area (Å²) in [5.41, 5.74) is 0.904. The van der Waals surface area contributed by atoms with Gasteiger partial charge in [0.25, 0.3) is 0 Å². The molecule has 0 radical (unpaired) electrons. The Bertz CT molecular complexity index is 470. The monoisotopic (exact) mass is 278 g/mol. The number of hydrogen-bond donors (Lipinski definition) is 2. The highest BCUT2D eigenvalue weighted by Crippen LogP contribution is 2.33. The molecule has 0 atom stereocenters. The smallest absolute Gasteiger partial charge is 0.339 e. The van der Waals surface area contributed by atoms with Crippen LogP contribution in [-0.4, -0.2) is 52.1 Å². The van der Waals surface area contributed by atoms with Crippen molar-refractivity contribution in [2.75, 3.05) is 20.6 Å². The van der Waals surface area contributed by atoms with E-state index in [9.17, 15) is 4.79 Å². The van der Waals surface area contributed by atoms with Crippen LogP contribution in [0.2, 0.25) is 0 Å². The van der Waals surface area contributed by atoms with Gasteiger partial charge in [-0.15, -0.1) is 0 Å². The second-order valence-electron chi connectivity index (χ2n) is 5.62. The molecule has 0 saturated heterocycles. The van der Waals surface area contributed by atoms with Crippen LogP contribution in [0, 0.1) is 0 Å². The number of likely N-dealkylation sites (N-methyl/N-ethyl adjacent to an activating group) is 1. The first-order valence-corrected chi connectivity index (χ1v) is 6.95. The third-order valence-electron chi connectivity index (χ3n) is 4.25. The molecule has 1 heterocycles. The van der Waals surface area contributed by atoms with E-state index < -0.39 is 5.97 Å². The number of rotatable bonds is 6. The Labute approximate surface area is 119 Å². The van der Waals surface area contributed by atoms with Crippen LogP contribution in [0.3, 0.4) is 0 Å². The van der Waals surface area contributed by atoms with Gasteiger partial charge in [-0.3, -0.25) is 0 Å².